The molecule has 118 valence electrons. The first-order valence-corrected chi connectivity index (χ1v) is 8.85. The van der Waals surface area contributed by atoms with E-state index in [9.17, 15) is 0 Å². The normalized spacial score (nSPS) is 23.4. The lowest BCUT2D eigenvalue weighted by atomic mass is 9.94. The van der Waals surface area contributed by atoms with Gasteiger partial charge in [-0.05, 0) is 64.2 Å². The van der Waals surface area contributed by atoms with Crippen LogP contribution in [0.1, 0.15) is 53.0 Å². The highest BCUT2D eigenvalue weighted by atomic mass is 79.9. The van der Waals surface area contributed by atoms with E-state index in [4.69, 9.17) is 0 Å². The number of benzene rings is 1. The fourth-order valence-electron chi connectivity index (χ4n) is 2.87. The molecule has 0 radical (unpaired) electrons. The summed E-state index contributed by atoms with van der Waals surface area (Å²) in [6.45, 7) is 13.4. The molecule has 0 bridgehead atoms. The predicted molar refractivity (Wildman–Crippen MR) is 95.9 cm³/mol. The minimum atomic E-state index is 0.148. The van der Waals surface area contributed by atoms with E-state index in [1.165, 1.54) is 35.1 Å². The Kier molecular flexibility index (Phi) is 5.37. The SMILES string of the molecule is CC1CCC(C)N(c2ccc(CNC(C)(C)C)c(Br)c2)C1. The Morgan fingerprint density at radius 3 is 2.57 bits per heavy atom. The summed E-state index contributed by atoms with van der Waals surface area (Å²) in [6, 6.07) is 7.46. The number of hydrogen-bond donors (Lipinski definition) is 1. The van der Waals surface area contributed by atoms with Crippen LogP contribution < -0.4 is 10.2 Å². The van der Waals surface area contributed by atoms with Crippen molar-refractivity contribution in [2.45, 2.75) is 65.6 Å². The molecular weight excluding hydrogens is 324 g/mol. The molecule has 1 aromatic rings. The van der Waals surface area contributed by atoms with Crippen molar-refractivity contribution >= 4 is 21.6 Å². The third-order valence-electron chi connectivity index (χ3n) is 4.30. The Bertz CT molecular complexity index is 479. The molecule has 2 rings (SSSR count). The highest BCUT2D eigenvalue weighted by Crippen LogP contribution is 2.30. The number of anilines is 1. The maximum atomic E-state index is 3.75. The van der Waals surface area contributed by atoms with Crippen LogP contribution in [0.25, 0.3) is 0 Å². The van der Waals surface area contributed by atoms with Crippen LogP contribution in [0.5, 0.6) is 0 Å². The van der Waals surface area contributed by atoms with Crippen molar-refractivity contribution in [2.24, 2.45) is 5.92 Å². The van der Waals surface area contributed by atoms with Crippen LogP contribution in [0.4, 0.5) is 5.69 Å². The summed E-state index contributed by atoms with van der Waals surface area (Å²) in [5.41, 5.74) is 2.82. The van der Waals surface area contributed by atoms with Gasteiger partial charge >= 0.3 is 0 Å². The second-order valence-corrected chi connectivity index (χ2v) is 8.42. The smallest absolute Gasteiger partial charge is 0.0380 e. The molecule has 1 aliphatic rings. The molecule has 2 nitrogen and oxygen atoms in total. The Labute approximate surface area is 138 Å². The molecule has 1 saturated heterocycles. The molecule has 1 N–H and O–H groups in total. The monoisotopic (exact) mass is 352 g/mol. The van der Waals surface area contributed by atoms with Crippen molar-refractivity contribution in [3.63, 3.8) is 0 Å². The molecule has 2 unspecified atom stereocenters. The van der Waals surface area contributed by atoms with E-state index in [-0.39, 0.29) is 5.54 Å². The minimum absolute atomic E-state index is 0.148. The molecule has 0 amide bonds. The summed E-state index contributed by atoms with van der Waals surface area (Å²) in [7, 11) is 0. The molecule has 21 heavy (non-hydrogen) atoms. The van der Waals surface area contributed by atoms with Gasteiger partial charge in [-0.1, -0.05) is 28.9 Å². The highest BCUT2D eigenvalue weighted by molar-refractivity contribution is 9.10. The van der Waals surface area contributed by atoms with Crippen LogP contribution in [-0.4, -0.2) is 18.1 Å². The molecule has 1 aromatic carbocycles. The molecule has 1 heterocycles. The van der Waals surface area contributed by atoms with Crippen molar-refractivity contribution in [3.8, 4) is 0 Å². The van der Waals surface area contributed by atoms with Gasteiger partial charge in [-0.2, -0.15) is 0 Å². The third kappa shape index (κ3) is 4.72. The molecule has 1 fully saturated rings. The Morgan fingerprint density at radius 2 is 1.95 bits per heavy atom. The Morgan fingerprint density at radius 1 is 1.24 bits per heavy atom. The van der Waals surface area contributed by atoms with Crippen LogP contribution in [0, 0.1) is 5.92 Å². The second kappa shape index (κ2) is 6.70. The van der Waals surface area contributed by atoms with E-state index in [0.717, 1.165) is 12.5 Å². The number of rotatable bonds is 3. The first-order valence-electron chi connectivity index (χ1n) is 8.06. The van der Waals surface area contributed by atoms with Gasteiger partial charge in [-0.3, -0.25) is 0 Å². The average Bonchev–Trinajstić information content (AvgIpc) is 2.39. The molecule has 1 aliphatic heterocycles. The van der Waals surface area contributed by atoms with E-state index in [1.807, 2.05) is 0 Å². The zero-order chi connectivity index (χ0) is 15.6. The summed E-state index contributed by atoms with van der Waals surface area (Å²) in [5.74, 6) is 0.794. The van der Waals surface area contributed by atoms with Crippen molar-refractivity contribution in [2.75, 3.05) is 11.4 Å². The van der Waals surface area contributed by atoms with E-state index in [2.05, 4.69) is 79.0 Å². The van der Waals surface area contributed by atoms with E-state index in [1.54, 1.807) is 0 Å². The number of piperidine rings is 1. The molecule has 3 heteroatoms. The summed E-state index contributed by atoms with van der Waals surface area (Å²) in [4.78, 5) is 2.56. The summed E-state index contributed by atoms with van der Waals surface area (Å²) >= 11 is 3.75. The van der Waals surface area contributed by atoms with Gasteiger partial charge in [0.1, 0.15) is 0 Å². The maximum Gasteiger partial charge on any atom is 0.0380 e. The van der Waals surface area contributed by atoms with Gasteiger partial charge in [-0.15, -0.1) is 0 Å². The maximum absolute atomic E-state index is 3.75. The predicted octanol–water partition coefficient (Wildman–Crippen LogP) is 4.96. The zero-order valence-corrected chi connectivity index (χ0v) is 15.6. The van der Waals surface area contributed by atoms with Crippen molar-refractivity contribution in [1.29, 1.82) is 0 Å². The first-order chi connectivity index (χ1) is 9.76. The molecule has 0 aliphatic carbocycles. The number of hydrogen-bond acceptors (Lipinski definition) is 2. The van der Waals surface area contributed by atoms with Crippen LogP contribution >= 0.6 is 15.9 Å². The largest absolute Gasteiger partial charge is 0.369 e. The standard InChI is InChI=1S/C18H29BrN2/c1-13-6-7-14(2)21(12-13)16-9-8-15(17(19)10-16)11-20-18(3,4)5/h8-10,13-14,20H,6-7,11-12H2,1-5H3. The lowest BCUT2D eigenvalue weighted by Gasteiger charge is -2.38. The van der Waals surface area contributed by atoms with Crippen molar-refractivity contribution < 1.29 is 0 Å². The second-order valence-electron chi connectivity index (χ2n) is 7.56. The van der Waals surface area contributed by atoms with Gasteiger partial charge in [0.05, 0.1) is 0 Å². The van der Waals surface area contributed by atoms with Gasteiger partial charge in [-0.25, -0.2) is 0 Å². The Hall–Kier alpha value is -0.540. The van der Waals surface area contributed by atoms with Crippen LogP contribution in [0.3, 0.4) is 0 Å². The van der Waals surface area contributed by atoms with Gasteiger partial charge < -0.3 is 10.2 Å². The summed E-state index contributed by atoms with van der Waals surface area (Å²) in [6.07, 6.45) is 2.65. The number of halogens is 1. The molecule has 0 aromatic heterocycles. The molecule has 0 spiro atoms. The summed E-state index contributed by atoms with van der Waals surface area (Å²) < 4.78 is 1.21. The first kappa shape index (κ1) is 16.8. The van der Waals surface area contributed by atoms with E-state index >= 15 is 0 Å². The van der Waals surface area contributed by atoms with Crippen LogP contribution in [0.15, 0.2) is 22.7 Å². The fourth-order valence-corrected chi connectivity index (χ4v) is 3.37. The number of nitrogens with zero attached hydrogens (tertiary/aromatic N) is 1. The van der Waals surface area contributed by atoms with Crippen LogP contribution in [-0.2, 0) is 6.54 Å². The Balaban J connectivity index is 2.11. The quantitative estimate of drug-likeness (QED) is 0.826. The van der Waals surface area contributed by atoms with Gasteiger partial charge in [0.2, 0.25) is 0 Å². The van der Waals surface area contributed by atoms with Crippen molar-refractivity contribution in [1.82, 2.24) is 5.32 Å². The molecular formula is C18H29BrN2. The minimum Gasteiger partial charge on any atom is -0.369 e. The summed E-state index contributed by atoms with van der Waals surface area (Å²) in [5, 5.41) is 3.55. The van der Waals surface area contributed by atoms with Gasteiger partial charge in [0.25, 0.3) is 0 Å². The van der Waals surface area contributed by atoms with Crippen molar-refractivity contribution in [3.05, 3.63) is 28.2 Å². The van der Waals surface area contributed by atoms with E-state index in [0.29, 0.717) is 6.04 Å². The molecule has 2 atom stereocenters. The van der Waals surface area contributed by atoms with Gasteiger partial charge in [0.15, 0.2) is 0 Å². The van der Waals surface area contributed by atoms with Gasteiger partial charge in [0, 0.05) is 34.8 Å². The topological polar surface area (TPSA) is 15.3 Å². The third-order valence-corrected chi connectivity index (χ3v) is 5.03. The van der Waals surface area contributed by atoms with E-state index < -0.39 is 0 Å². The fraction of sp³-hybridized carbons (Fsp3) is 0.667. The average molecular weight is 353 g/mol. The molecule has 0 saturated carbocycles. The lowest BCUT2D eigenvalue weighted by molar-refractivity contribution is 0.390. The zero-order valence-electron chi connectivity index (χ0n) is 14.0. The lowest BCUT2D eigenvalue weighted by Crippen LogP contribution is -2.41. The highest BCUT2D eigenvalue weighted by Gasteiger charge is 2.23. The van der Waals surface area contributed by atoms with Crippen LogP contribution in [0.2, 0.25) is 0 Å². The number of nitrogens with one attached hydrogen (secondary N) is 1.